The van der Waals surface area contributed by atoms with Crippen molar-refractivity contribution in [1.82, 2.24) is 0 Å². The van der Waals surface area contributed by atoms with E-state index in [1.165, 1.54) is 0 Å². The smallest absolute Gasteiger partial charge is 0.172 e. The molecule has 0 aliphatic heterocycles. The molecule has 0 saturated carbocycles. The zero-order chi connectivity index (χ0) is 10.6. The van der Waals surface area contributed by atoms with E-state index in [1.807, 2.05) is 26.0 Å². The van der Waals surface area contributed by atoms with Gasteiger partial charge in [0.15, 0.2) is 11.0 Å². The van der Waals surface area contributed by atoms with E-state index in [9.17, 15) is 4.21 Å². The second kappa shape index (κ2) is 5.41. The summed E-state index contributed by atoms with van der Waals surface area (Å²) >= 11 is 3.32. The molecule has 0 bridgehead atoms. The first-order valence-corrected chi connectivity index (χ1v) is 6.21. The van der Waals surface area contributed by atoms with Gasteiger partial charge in [-0.1, -0.05) is 29.8 Å². The fourth-order valence-corrected chi connectivity index (χ4v) is 1.90. The van der Waals surface area contributed by atoms with E-state index in [-0.39, 0.29) is 0 Å². The lowest BCUT2D eigenvalue weighted by molar-refractivity contribution is 0.684. The summed E-state index contributed by atoms with van der Waals surface area (Å²) in [5, 5.41) is 0. The fraction of sp³-hybridized carbons (Fsp3) is 0.300. The molecule has 0 aliphatic carbocycles. The van der Waals surface area contributed by atoms with Gasteiger partial charge in [-0.25, -0.2) is 4.21 Å². The van der Waals surface area contributed by atoms with Crippen LogP contribution in [0.3, 0.4) is 0 Å². The molecule has 0 aliphatic rings. The highest BCUT2D eigenvalue weighted by atomic mass is 79.9. The molecule has 1 atom stereocenters. The Morgan fingerprint density at radius 1 is 1.36 bits per heavy atom. The van der Waals surface area contributed by atoms with Gasteiger partial charge in [0.2, 0.25) is 0 Å². The van der Waals surface area contributed by atoms with E-state index in [0.717, 1.165) is 9.37 Å². The van der Waals surface area contributed by atoms with Crippen LogP contribution < -0.4 is 0 Å². The molecule has 0 heterocycles. The third-order valence-electron chi connectivity index (χ3n) is 1.47. The monoisotopic (exact) mass is 273 g/mol. The van der Waals surface area contributed by atoms with Crippen molar-refractivity contribution in [2.45, 2.75) is 18.7 Å². The van der Waals surface area contributed by atoms with Gasteiger partial charge in [-0.15, -0.1) is 0 Å². The highest BCUT2D eigenvalue weighted by Crippen LogP contribution is 2.13. The zero-order valence-electron chi connectivity index (χ0n) is 8.11. The summed E-state index contributed by atoms with van der Waals surface area (Å²) in [6.45, 7) is 4.00. The summed E-state index contributed by atoms with van der Waals surface area (Å²) in [4.78, 5) is 0.727. The predicted octanol–water partition coefficient (Wildman–Crippen LogP) is 3.20. The second-order valence-corrected chi connectivity index (χ2v) is 5.30. The Kier molecular flexibility index (Phi) is 4.48. The van der Waals surface area contributed by atoms with Crippen molar-refractivity contribution in [1.29, 1.82) is 0 Å². The minimum atomic E-state index is -1.26. The topological polar surface area (TPSA) is 29.4 Å². The largest absolute Gasteiger partial charge is 0.230 e. The van der Waals surface area contributed by atoms with E-state index in [1.54, 1.807) is 18.3 Å². The van der Waals surface area contributed by atoms with Crippen LogP contribution in [0, 0.1) is 5.92 Å². The summed E-state index contributed by atoms with van der Waals surface area (Å²) in [5.41, 5.74) is 0. The molecule has 0 saturated heterocycles. The van der Waals surface area contributed by atoms with Crippen molar-refractivity contribution in [3.05, 3.63) is 28.7 Å². The van der Waals surface area contributed by atoms with Crippen LogP contribution in [0.25, 0.3) is 0 Å². The Morgan fingerprint density at radius 3 is 2.43 bits per heavy atom. The number of hydrogen-bond donors (Lipinski definition) is 0. The molecular formula is C10H12BrNOS. The molecule has 0 spiro atoms. The molecule has 1 aromatic carbocycles. The van der Waals surface area contributed by atoms with Gasteiger partial charge in [0.05, 0.1) is 4.90 Å². The van der Waals surface area contributed by atoms with Crippen LogP contribution in [-0.2, 0) is 11.0 Å². The lowest BCUT2D eigenvalue weighted by Gasteiger charge is -1.97. The third-order valence-corrected chi connectivity index (χ3v) is 2.99. The van der Waals surface area contributed by atoms with Gasteiger partial charge in [-0.2, -0.15) is 4.40 Å². The Bertz CT molecular complexity index is 346. The van der Waals surface area contributed by atoms with Crippen LogP contribution >= 0.6 is 15.9 Å². The summed E-state index contributed by atoms with van der Waals surface area (Å²) in [5.74, 6) is 0.328. The maximum atomic E-state index is 11.6. The van der Waals surface area contributed by atoms with E-state index in [4.69, 9.17) is 0 Å². The van der Waals surface area contributed by atoms with Crippen molar-refractivity contribution in [3.8, 4) is 0 Å². The van der Waals surface area contributed by atoms with Gasteiger partial charge in [-0.05, 0) is 30.2 Å². The van der Waals surface area contributed by atoms with Gasteiger partial charge in [0, 0.05) is 10.7 Å². The molecule has 0 N–H and O–H groups in total. The minimum Gasteiger partial charge on any atom is -0.230 e. The summed E-state index contributed by atoms with van der Waals surface area (Å²) in [7, 11) is -1.26. The molecule has 0 aromatic heterocycles. The molecule has 0 unspecified atom stereocenters. The van der Waals surface area contributed by atoms with Gasteiger partial charge in [-0.3, -0.25) is 0 Å². The summed E-state index contributed by atoms with van der Waals surface area (Å²) in [6, 6.07) is 7.33. The lowest BCUT2D eigenvalue weighted by Crippen LogP contribution is -1.92. The van der Waals surface area contributed by atoms with E-state index < -0.39 is 11.0 Å². The molecule has 0 fully saturated rings. The second-order valence-electron chi connectivity index (χ2n) is 3.20. The maximum absolute atomic E-state index is 11.6. The third kappa shape index (κ3) is 3.72. The van der Waals surface area contributed by atoms with Gasteiger partial charge in [0.1, 0.15) is 0 Å². The highest BCUT2D eigenvalue weighted by Gasteiger charge is 2.00. The normalized spacial score (nSPS) is 13.7. The van der Waals surface area contributed by atoms with Crippen molar-refractivity contribution in [2.24, 2.45) is 10.3 Å². The van der Waals surface area contributed by atoms with Gasteiger partial charge >= 0.3 is 0 Å². The molecule has 4 heteroatoms. The Balaban J connectivity index is 2.75. The van der Waals surface area contributed by atoms with Gasteiger partial charge in [0.25, 0.3) is 0 Å². The predicted molar refractivity (Wildman–Crippen MR) is 63.9 cm³/mol. The first-order chi connectivity index (χ1) is 6.59. The van der Waals surface area contributed by atoms with E-state index in [2.05, 4.69) is 20.3 Å². The standard InChI is InChI=1S/C10H12BrNOS/c1-8(2)7-12-14(13)10-5-3-9(11)4-6-10/h3-8H,1-2H3/b12-7+/t14-/m0/s1. The van der Waals surface area contributed by atoms with E-state index >= 15 is 0 Å². The average Bonchev–Trinajstić information content (AvgIpc) is 2.15. The van der Waals surface area contributed by atoms with E-state index in [0.29, 0.717) is 5.92 Å². The summed E-state index contributed by atoms with van der Waals surface area (Å²) < 4.78 is 16.5. The molecule has 0 radical (unpaired) electrons. The fourth-order valence-electron chi connectivity index (χ4n) is 0.789. The van der Waals surface area contributed by atoms with Crippen LogP contribution in [0.15, 0.2) is 38.0 Å². The van der Waals surface area contributed by atoms with Crippen LogP contribution in [0.5, 0.6) is 0 Å². The molecule has 14 heavy (non-hydrogen) atoms. The highest BCUT2D eigenvalue weighted by molar-refractivity contribution is 9.10. The van der Waals surface area contributed by atoms with Crippen LogP contribution in [0.4, 0.5) is 0 Å². The molecule has 1 aromatic rings. The maximum Gasteiger partial charge on any atom is 0.172 e. The minimum absolute atomic E-state index is 0.328. The van der Waals surface area contributed by atoms with Crippen molar-refractivity contribution in [3.63, 3.8) is 0 Å². The molecule has 1 rings (SSSR count). The number of nitrogens with zero attached hydrogens (tertiary/aromatic N) is 1. The van der Waals surface area contributed by atoms with Crippen LogP contribution in [0.1, 0.15) is 13.8 Å². The molecule has 2 nitrogen and oxygen atoms in total. The number of hydrogen-bond acceptors (Lipinski definition) is 1. The summed E-state index contributed by atoms with van der Waals surface area (Å²) in [6.07, 6.45) is 1.71. The van der Waals surface area contributed by atoms with Crippen LogP contribution in [-0.4, -0.2) is 10.4 Å². The zero-order valence-corrected chi connectivity index (χ0v) is 10.5. The van der Waals surface area contributed by atoms with Crippen molar-refractivity contribution in [2.75, 3.05) is 0 Å². The number of halogens is 1. The number of benzene rings is 1. The quantitative estimate of drug-likeness (QED) is 0.778. The molecule has 0 amide bonds. The first kappa shape index (κ1) is 11.6. The van der Waals surface area contributed by atoms with Gasteiger partial charge < -0.3 is 0 Å². The molecular weight excluding hydrogens is 262 g/mol. The first-order valence-electron chi connectivity index (χ1n) is 4.31. The van der Waals surface area contributed by atoms with Crippen molar-refractivity contribution >= 4 is 33.1 Å². The Hall–Kier alpha value is -0.480. The molecule has 76 valence electrons. The SMILES string of the molecule is CC(C)/C=N/[S@@](=O)c1ccc(Br)cc1. The number of rotatable bonds is 3. The Labute approximate surface area is 95.2 Å². The average molecular weight is 274 g/mol. The lowest BCUT2D eigenvalue weighted by atomic mass is 10.3. The van der Waals surface area contributed by atoms with Crippen molar-refractivity contribution < 1.29 is 4.21 Å². The Morgan fingerprint density at radius 2 is 1.93 bits per heavy atom. The van der Waals surface area contributed by atoms with Crippen LogP contribution in [0.2, 0.25) is 0 Å².